The molecule has 5 rings (SSSR count). The second-order valence-corrected chi connectivity index (χ2v) is 11.0. The summed E-state index contributed by atoms with van der Waals surface area (Å²) in [7, 11) is 1.65. The van der Waals surface area contributed by atoms with Crippen LogP contribution in [-0.2, 0) is 15.0 Å². The van der Waals surface area contributed by atoms with Gasteiger partial charge in [0.2, 0.25) is 5.91 Å². The molecule has 5 nitrogen and oxygen atoms in total. The minimum Gasteiger partial charge on any atom is -0.497 e. The zero-order valence-corrected chi connectivity index (χ0v) is 22.2. The van der Waals surface area contributed by atoms with E-state index >= 15 is 0 Å². The highest BCUT2D eigenvalue weighted by molar-refractivity contribution is 6.06. The number of methoxy groups -OCH3 is 1. The Bertz CT molecular complexity index is 1360. The fraction of sp³-hybridized carbons (Fsp3) is 0.312. The van der Waals surface area contributed by atoms with Crippen LogP contribution in [0.4, 0.5) is 11.4 Å². The number of nitrogens with zero attached hydrogens (tertiary/aromatic N) is 1. The molecule has 0 fully saturated rings. The molecule has 0 saturated heterocycles. The van der Waals surface area contributed by atoms with Crippen LogP contribution in [0.2, 0.25) is 0 Å². The third-order valence-corrected chi connectivity index (χ3v) is 7.51. The lowest BCUT2D eigenvalue weighted by atomic mass is 9.77. The number of hydrogen-bond acceptors (Lipinski definition) is 4. The number of anilines is 2. The summed E-state index contributed by atoms with van der Waals surface area (Å²) in [6.07, 6.45) is 1.08. The highest BCUT2D eigenvalue weighted by Crippen LogP contribution is 2.47. The van der Waals surface area contributed by atoms with Gasteiger partial charge in [-0.15, -0.1) is 0 Å². The topological polar surface area (TPSA) is 58.6 Å². The predicted molar refractivity (Wildman–Crippen MR) is 148 cm³/mol. The lowest BCUT2D eigenvalue weighted by Crippen LogP contribution is -2.37. The summed E-state index contributed by atoms with van der Waals surface area (Å²) in [5.74, 6) is 0.810. The minimum absolute atomic E-state index is 0.00702. The summed E-state index contributed by atoms with van der Waals surface area (Å²) in [5.41, 5.74) is 6.44. The van der Waals surface area contributed by atoms with Crippen LogP contribution < -0.4 is 15.0 Å². The van der Waals surface area contributed by atoms with E-state index in [0.717, 1.165) is 33.9 Å². The largest absolute Gasteiger partial charge is 0.497 e. The molecule has 3 aromatic carbocycles. The van der Waals surface area contributed by atoms with E-state index < -0.39 is 6.04 Å². The van der Waals surface area contributed by atoms with Crippen molar-refractivity contribution in [1.29, 1.82) is 0 Å². The van der Waals surface area contributed by atoms with Gasteiger partial charge in [-0.2, -0.15) is 0 Å². The highest BCUT2D eigenvalue weighted by atomic mass is 16.5. The van der Waals surface area contributed by atoms with Crippen molar-refractivity contribution in [3.63, 3.8) is 0 Å². The first-order valence-corrected chi connectivity index (χ1v) is 12.8. The maximum atomic E-state index is 14.0. The van der Waals surface area contributed by atoms with Gasteiger partial charge in [0.05, 0.1) is 24.5 Å². The zero-order chi connectivity index (χ0) is 26.3. The molecule has 1 aliphatic heterocycles. The van der Waals surface area contributed by atoms with Crippen LogP contribution in [0.5, 0.6) is 5.75 Å². The third-order valence-electron chi connectivity index (χ3n) is 7.51. The number of rotatable bonds is 3. The summed E-state index contributed by atoms with van der Waals surface area (Å²) in [6.45, 7) is 8.12. The Morgan fingerprint density at radius 2 is 1.57 bits per heavy atom. The van der Waals surface area contributed by atoms with Crippen molar-refractivity contribution in [2.75, 3.05) is 17.3 Å². The number of allylic oxidation sites excluding steroid dienone is 1. The number of amides is 1. The van der Waals surface area contributed by atoms with E-state index in [9.17, 15) is 9.59 Å². The second-order valence-electron chi connectivity index (χ2n) is 11.0. The molecule has 2 aliphatic rings. The number of hydrogen-bond donors (Lipinski definition) is 1. The molecule has 5 heteroatoms. The van der Waals surface area contributed by atoms with E-state index in [-0.39, 0.29) is 23.0 Å². The molecule has 0 saturated carbocycles. The number of ether oxygens (including phenoxy) is 1. The summed E-state index contributed by atoms with van der Waals surface area (Å²) >= 11 is 0. The van der Waals surface area contributed by atoms with Crippen LogP contribution in [-0.4, -0.2) is 18.8 Å². The van der Waals surface area contributed by atoms with Gasteiger partial charge in [0.25, 0.3) is 0 Å². The lowest BCUT2D eigenvalue weighted by Gasteiger charge is -2.35. The Kier molecular flexibility index (Phi) is 6.40. The fourth-order valence-electron chi connectivity index (χ4n) is 5.53. The van der Waals surface area contributed by atoms with Gasteiger partial charge in [0.15, 0.2) is 5.78 Å². The molecule has 0 spiro atoms. The molecule has 190 valence electrons. The summed E-state index contributed by atoms with van der Waals surface area (Å²) in [4.78, 5) is 28.9. The molecule has 3 aromatic rings. The van der Waals surface area contributed by atoms with Crippen molar-refractivity contribution in [1.82, 2.24) is 0 Å². The maximum absolute atomic E-state index is 14.0. The SMILES string of the molecule is COc1ccc([C@@H]2CC(=O)C3=C(C2)Nc2ccccc2N(C(C)=O)[C@H]3c2ccc(C(C)(C)C)cc2)cc1. The molecule has 2 atom stereocenters. The van der Waals surface area contributed by atoms with Crippen molar-refractivity contribution in [3.8, 4) is 5.75 Å². The van der Waals surface area contributed by atoms with Crippen LogP contribution in [0.3, 0.4) is 0 Å². The first kappa shape index (κ1) is 24.8. The average molecular weight is 495 g/mol. The molecule has 1 amide bonds. The molecule has 37 heavy (non-hydrogen) atoms. The molecular formula is C32H34N2O3. The standard InChI is InChI=1S/C32H34N2O3/c1-20(35)34-28-9-7-6-8-26(28)33-27-18-23(21-12-16-25(37-5)17-13-21)19-29(36)30(27)31(34)22-10-14-24(15-11-22)32(2,3)4/h6-17,23,31,33H,18-19H2,1-5H3/t23-,31-/m0/s1. The van der Waals surface area contributed by atoms with E-state index in [1.165, 1.54) is 5.56 Å². The first-order chi connectivity index (χ1) is 17.7. The zero-order valence-electron chi connectivity index (χ0n) is 22.2. The molecule has 1 aliphatic carbocycles. The molecule has 0 bridgehead atoms. The molecule has 0 aromatic heterocycles. The minimum atomic E-state index is -0.498. The summed E-state index contributed by atoms with van der Waals surface area (Å²) < 4.78 is 5.32. The molecular weight excluding hydrogens is 460 g/mol. The van der Waals surface area contributed by atoms with Crippen molar-refractivity contribution in [3.05, 3.63) is 101 Å². The number of carbonyl (C=O) groups excluding carboxylic acids is 2. The summed E-state index contributed by atoms with van der Waals surface area (Å²) in [5, 5.41) is 3.57. The van der Waals surface area contributed by atoms with Gasteiger partial charge in [0, 0.05) is 24.6 Å². The number of carbonyl (C=O) groups is 2. The maximum Gasteiger partial charge on any atom is 0.224 e. The first-order valence-electron chi connectivity index (χ1n) is 12.8. The van der Waals surface area contributed by atoms with Crippen molar-refractivity contribution in [2.24, 2.45) is 0 Å². The Hall–Kier alpha value is -3.86. The van der Waals surface area contributed by atoms with E-state index in [1.54, 1.807) is 18.9 Å². The Morgan fingerprint density at radius 1 is 0.919 bits per heavy atom. The number of nitrogens with one attached hydrogen (secondary N) is 1. The van der Waals surface area contributed by atoms with Crippen molar-refractivity contribution in [2.45, 2.75) is 57.9 Å². The van der Waals surface area contributed by atoms with Crippen LogP contribution in [0.15, 0.2) is 84.1 Å². The van der Waals surface area contributed by atoms with E-state index in [2.05, 4.69) is 50.4 Å². The lowest BCUT2D eigenvalue weighted by molar-refractivity contribution is -0.117. The summed E-state index contributed by atoms with van der Waals surface area (Å²) in [6, 6.07) is 23.6. The highest BCUT2D eigenvalue weighted by Gasteiger charge is 2.40. The van der Waals surface area contributed by atoms with Gasteiger partial charge in [-0.25, -0.2) is 0 Å². The molecule has 0 radical (unpaired) electrons. The molecule has 1 N–H and O–H groups in total. The number of fused-ring (bicyclic) bond motifs is 1. The van der Waals surface area contributed by atoms with Crippen LogP contribution in [0.1, 0.15) is 69.2 Å². The number of benzene rings is 3. The van der Waals surface area contributed by atoms with E-state index in [0.29, 0.717) is 18.4 Å². The Morgan fingerprint density at radius 3 is 2.19 bits per heavy atom. The van der Waals surface area contributed by atoms with Crippen molar-refractivity contribution < 1.29 is 14.3 Å². The van der Waals surface area contributed by atoms with Gasteiger partial charge < -0.3 is 10.1 Å². The van der Waals surface area contributed by atoms with Crippen LogP contribution in [0, 0.1) is 0 Å². The van der Waals surface area contributed by atoms with Crippen LogP contribution >= 0.6 is 0 Å². The number of ketones is 1. The fourth-order valence-corrected chi connectivity index (χ4v) is 5.53. The van der Waals surface area contributed by atoms with E-state index in [1.807, 2.05) is 48.5 Å². The van der Waals surface area contributed by atoms with Gasteiger partial charge in [-0.05, 0) is 58.7 Å². The van der Waals surface area contributed by atoms with Gasteiger partial charge >= 0.3 is 0 Å². The van der Waals surface area contributed by atoms with Gasteiger partial charge in [0.1, 0.15) is 5.75 Å². The van der Waals surface area contributed by atoms with Crippen molar-refractivity contribution >= 4 is 23.1 Å². The smallest absolute Gasteiger partial charge is 0.224 e. The average Bonchev–Trinajstić information content (AvgIpc) is 3.03. The Balaban J connectivity index is 1.65. The van der Waals surface area contributed by atoms with Gasteiger partial charge in [-0.3, -0.25) is 14.5 Å². The quantitative estimate of drug-likeness (QED) is 0.430. The normalized spacial score (nSPS) is 19.5. The van der Waals surface area contributed by atoms with Gasteiger partial charge in [-0.1, -0.05) is 69.3 Å². The number of para-hydroxylation sites is 2. The Labute approximate surface area is 219 Å². The third kappa shape index (κ3) is 4.66. The molecule has 1 heterocycles. The predicted octanol–water partition coefficient (Wildman–Crippen LogP) is 6.91. The monoisotopic (exact) mass is 494 g/mol. The second kappa shape index (κ2) is 9.55. The van der Waals surface area contributed by atoms with Crippen LogP contribution in [0.25, 0.3) is 0 Å². The molecule has 0 unspecified atom stereocenters. The van der Waals surface area contributed by atoms with E-state index in [4.69, 9.17) is 4.74 Å². The number of Topliss-reactive ketones (excluding diaryl/α,β-unsaturated/α-hetero) is 1.